The Labute approximate surface area is 273 Å². The zero-order valence-corrected chi connectivity index (χ0v) is 28.2. The third kappa shape index (κ3) is 7.24. The number of benzene rings is 2. The SMILES string of the molecule is COc1ccc2c(O[C@@H]3C[C@H]4C(=O)N[C@@H]5C[C@H]5/C=C\CC[C@@H](C)C[C@@H](C)CC(=O)N4C3)nc(-c3ccc(C(C)(C)C)cc3)cc2c1. The standard InChI is InChI=1S/C39H49N3O4/c1-24-9-7-8-10-27-20-34(27)40-37(44)35-22-31(23-42(35)36(43)18-25(2)17-24)46-38-32-16-15-30(45-6)19-28(32)21-33(41-38)26-11-13-29(14-12-26)39(3,4)5/h8,10-16,19,21,24-25,27,31,34-35H,7,9,17-18,20,22-23H2,1-6H3,(H,40,44)/b10-8-/t24-,25-,27-,31-,34-,35+/m1/s1. The lowest BCUT2D eigenvalue weighted by Gasteiger charge is -2.25. The Morgan fingerprint density at radius 3 is 2.48 bits per heavy atom. The van der Waals surface area contributed by atoms with Crippen LogP contribution in [0.4, 0.5) is 0 Å². The summed E-state index contributed by atoms with van der Waals surface area (Å²) in [7, 11) is 1.66. The predicted molar refractivity (Wildman–Crippen MR) is 183 cm³/mol. The molecule has 0 spiro atoms. The number of methoxy groups -OCH3 is 1. The van der Waals surface area contributed by atoms with E-state index in [0.29, 0.717) is 37.1 Å². The van der Waals surface area contributed by atoms with E-state index in [1.807, 2.05) is 18.2 Å². The van der Waals surface area contributed by atoms with Gasteiger partial charge in [0.1, 0.15) is 17.9 Å². The molecule has 6 atom stereocenters. The van der Waals surface area contributed by atoms with Gasteiger partial charge in [-0.3, -0.25) is 9.59 Å². The smallest absolute Gasteiger partial charge is 0.243 e. The van der Waals surface area contributed by atoms with Gasteiger partial charge in [-0.05, 0) is 84.1 Å². The van der Waals surface area contributed by atoms with Gasteiger partial charge in [-0.1, -0.05) is 71.0 Å². The van der Waals surface area contributed by atoms with Gasteiger partial charge in [0.2, 0.25) is 17.7 Å². The molecule has 3 heterocycles. The highest BCUT2D eigenvalue weighted by molar-refractivity contribution is 5.91. The lowest BCUT2D eigenvalue weighted by Crippen LogP contribution is -2.47. The number of carbonyl (C=O) groups excluding carboxylic acids is 2. The molecule has 2 aromatic carbocycles. The van der Waals surface area contributed by atoms with Gasteiger partial charge in [0.25, 0.3) is 0 Å². The van der Waals surface area contributed by atoms with Crippen molar-refractivity contribution in [2.24, 2.45) is 17.8 Å². The summed E-state index contributed by atoms with van der Waals surface area (Å²) in [6.07, 6.45) is 9.16. The summed E-state index contributed by atoms with van der Waals surface area (Å²) in [5.74, 6) is 2.39. The van der Waals surface area contributed by atoms with Crippen molar-refractivity contribution >= 4 is 22.6 Å². The van der Waals surface area contributed by atoms with Crippen molar-refractivity contribution < 1.29 is 19.1 Å². The molecule has 1 saturated heterocycles. The molecular weight excluding hydrogens is 574 g/mol. The number of pyridine rings is 1. The summed E-state index contributed by atoms with van der Waals surface area (Å²) in [5.41, 5.74) is 3.10. The van der Waals surface area contributed by atoms with Crippen LogP contribution in [-0.4, -0.2) is 53.5 Å². The van der Waals surface area contributed by atoms with E-state index in [2.05, 4.69) is 82.4 Å². The molecular formula is C39H49N3O4. The highest BCUT2D eigenvalue weighted by atomic mass is 16.5. The highest BCUT2D eigenvalue weighted by Crippen LogP contribution is 2.36. The number of amides is 2. The van der Waals surface area contributed by atoms with Crippen LogP contribution in [-0.2, 0) is 15.0 Å². The number of allylic oxidation sites excluding steroid dienone is 1. The second-order valence-corrected chi connectivity index (χ2v) is 14.9. The number of nitrogens with zero attached hydrogens (tertiary/aromatic N) is 2. The van der Waals surface area contributed by atoms with E-state index < -0.39 is 6.04 Å². The third-order valence-electron chi connectivity index (χ3n) is 9.92. The number of hydrogen-bond acceptors (Lipinski definition) is 5. The maximum absolute atomic E-state index is 13.8. The molecule has 2 fully saturated rings. The number of rotatable bonds is 4. The van der Waals surface area contributed by atoms with Crippen LogP contribution in [0, 0.1) is 17.8 Å². The maximum Gasteiger partial charge on any atom is 0.243 e. The lowest BCUT2D eigenvalue weighted by atomic mass is 9.86. The summed E-state index contributed by atoms with van der Waals surface area (Å²) >= 11 is 0. The summed E-state index contributed by atoms with van der Waals surface area (Å²) in [4.78, 5) is 34.2. The molecule has 46 heavy (non-hydrogen) atoms. The minimum absolute atomic E-state index is 0.0292. The van der Waals surface area contributed by atoms with Crippen LogP contribution in [0.5, 0.6) is 11.6 Å². The van der Waals surface area contributed by atoms with Crippen LogP contribution < -0.4 is 14.8 Å². The van der Waals surface area contributed by atoms with Gasteiger partial charge in [-0.25, -0.2) is 4.98 Å². The van der Waals surface area contributed by atoms with Gasteiger partial charge in [0.15, 0.2) is 0 Å². The Morgan fingerprint density at radius 2 is 1.74 bits per heavy atom. The Hall–Kier alpha value is -3.87. The molecule has 0 radical (unpaired) electrons. The molecule has 1 aromatic heterocycles. The molecule has 244 valence electrons. The van der Waals surface area contributed by atoms with Crippen LogP contribution in [0.25, 0.3) is 22.0 Å². The van der Waals surface area contributed by atoms with E-state index in [1.165, 1.54) is 5.56 Å². The summed E-state index contributed by atoms with van der Waals surface area (Å²) < 4.78 is 12.2. The van der Waals surface area contributed by atoms with E-state index in [-0.39, 0.29) is 35.3 Å². The number of aromatic nitrogens is 1. The molecule has 3 aliphatic rings. The van der Waals surface area contributed by atoms with Crippen LogP contribution in [0.2, 0.25) is 0 Å². The predicted octanol–water partition coefficient (Wildman–Crippen LogP) is 7.46. The minimum Gasteiger partial charge on any atom is -0.497 e. The average molecular weight is 624 g/mol. The van der Waals surface area contributed by atoms with Crippen molar-refractivity contribution in [3.63, 3.8) is 0 Å². The second kappa shape index (κ2) is 13.1. The van der Waals surface area contributed by atoms with E-state index in [0.717, 1.165) is 53.5 Å². The largest absolute Gasteiger partial charge is 0.497 e. The first-order valence-corrected chi connectivity index (χ1v) is 17.0. The van der Waals surface area contributed by atoms with Crippen molar-refractivity contribution in [3.05, 3.63) is 66.2 Å². The molecule has 7 nitrogen and oxygen atoms in total. The van der Waals surface area contributed by atoms with Crippen molar-refractivity contribution in [2.45, 2.75) is 96.7 Å². The normalized spacial score (nSPS) is 28.0. The fraction of sp³-hybridized carbons (Fsp3) is 0.513. The number of carbonyl (C=O) groups is 2. The van der Waals surface area contributed by atoms with Crippen molar-refractivity contribution in [3.8, 4) is 22.9 Å². The molecule has 0 unspecified atom stereocenters. The van der Waals surface area contributed by atoms with Gasteiger partial charge in [0, 0.05) is 29.8 Å². The minimum atomic E-state index is -0.558. The maximum atomic E-state index is 13.8. The fourth-order valence-electron chi connectivity index (χ4n) is 7.10. The highest BCUT2D eigenvalue weighted by Gasteiger charge is 2.44. The summed E-state index contributed by atoms with van der Waals surface area (Å²) in [5, 5.41) is 5.06. The summed E-state index contributed by atoms with van der Waals surface area (Å²) in [6, 6.07) is 16.0. The van der Waals surface area contributed by atoms with E-state index in [9.17, 15) is 9.59 Å². The average Bonchev–Trinajstić information content (AvgIpc) is 3.61. The van der Waals surface area contributed by atoms with E-state index in [4.69, 9.17) is 14.5 Å². The Morgan fingerprint density at radius 1 is 0.957 bits per heavy atom. The van der Waals surface area contributed by atoms with E-state index in [1.54, 1.807) is 12.0 Å². The van der Waals surface area contributed by atoms with Crippen LogP contribution >= 0.6 is 0 Å². The molecule has 0 bridgehead atoms. The zero-order chi connectivity index (χ0) is 32.6. The molecule has 7 heteroatoms. The number of nitrogens with one attached hydrogen (secondary N) is 1. The lowest BCUT2D eigenvalue weighted by molar-refractivity contribution is -0.139. The Kier molecular flexibility index (Phi) is 9.13. The van der Waals surface area contributed by atoms with Crippen molar-refractivity contribution in [2.75, 3.05) is 13.7 Å². The molecule has 3 aromatic rings. The van der Waals surface area contributed by atoms with Crippen molar-refractivity contribution in [1.29, 1.82) is 0 Å². The monoisotopic (exact) mass is 623 g/mol. The summed E-state index contributed by atoms with van der Waals surface area (Å²) in [6.45, 7) is 11.4. The molecule has 1 N–H and O–H groups in total. The molecule has 1 saturated carbocycles. The molecule has 1 aliphatic carbocycles. The van der Waals surface area contributed by atoms with Gasteiger partial charge < -0.3 is 19.7 Å². The number of ether oxygens (including phenoxy) is 2. The quantitative estimate of drug-likeness (QED) is 0.305. The van der Waals surface area contributed by atoms with Gasteiger partial charge in [0.05, 0.1) is 19.3 Å². The topological polar surface area (TPSA) is 80.8 Å². The second-order valence-electron chi connectivity index (χ2n) is 14.9. The Bertz CT molecular complexity index is 1610. The molecule has 2 aliphatic heterocycles. The third-order valence-corrected chi connectivity index (χ3v) is 9.92. The van der Waals surface area contributed by atoms with Crippen LogP contribution in [0.1, 0.15) is 78.7 Å². The van der Waals surface area contributed by atoms with Gasteiger partial charge in [-0.2, -0.15) is 0 Å². The Balaban J connectivity index is 1.29. The fourth-order valence-corrected chi connectivity index (χ4v) is 7.10. The van der Waals surface area contributed by atoms with Crippen LogP contribution in [0.15, 0.2) is 60.7 Å². The number of hydrogen-bond donors (Lipinski definition) is 1. The molecule has 2 amide bonds. The first-order chi connectivity index (χ1) is 22.0. The van der Waals surface area contributed by atoms with Gasteiger partial charge in [-0.15, -0.1) is 0 Å². The first kappa shape index (κ1) is 32.1. The molecule has 6 rings (SSSR count). The zero-order valence-electron chi connectivity index (χ0n) is 28.2. The van der Waals surface area contributed by atoms with Gasteiger partial charge >= 0.3 is 0 Å². The van der Waals surface area contributed by atoms with Crippen LogP contribution in [0.3, 0.4) is 0 Å². The van der Waals surface area contributed by atoms with Crippen molar-refractivity contribution in [1.82, 2.24) is 15.2 Å². The first-order valence-electron chi connectivity index (χ1n) is 17.0. The number of fused-ring (bicyclic) bond motifs is 3. The van der Waals surface area contributed by atoms with E-state index >= 15 is 0 Å².